The molecule has 0 N–H and O–H groups in total. The first-order valence-electron chi connectivity index (χ1n) is 8.73. The highest BCUT2D eigenvalue weighted by atomic mass is 32.2. The second-order valence-corrected chi connectivity index (χ2v) is 9.28. The zero-order chi connectivity index (χ0) is 19.7. The molecule has 3 aromatic heterocycles. The molecule has 0 atom stereocenters. The predicted octanol–water partition coefficient (Wildman–Crippen LogP) is 6.29. The lowest BCUT2D eigenvalue weighted by atomic mass is 10.1. The second kappa shape index (κ2) is 8.11. The van der Waals surface area contributed by atoms with E-state index in [9.17, 15) is 0 Å². The van der Waals surface area contributed by atoms with Gasteiger partial charge in [-0.1, -0.05) is 35.7 Å². The molecule has 0 aliphatic heterocycles. The molecule has 1 aromatic carbocycles. The number of hydrogen-bond donors (Lipinski definition) is 0. The van der Waals surface area contributed by atoms with Gasteiger partial charge in [0.2, 0.25) is 0 Å². The van der Waals surface area contributed by atoms with E-state index in [0.717, 1.165) is 52.7 Å². The van der Waals surface area contributed by atoms with E-state index >= 15 is 0 Å². The number of aryl methyl sites for hydroxylation is 2. The quantitative estimate of drug-likeness (QED) is 0.156. The van der Waals surface area contributed by atoms with Crippen LogP contribution in [-0.2, 0) is 0 Å². The highest BCUT2D eigenvalue weighted by Gasteiger charge is 2.18. The molecule has 3 heterocycles. The van der Waals surface area contributed by atoms with E-state index in [1.54, 1.807) is 42.0 Å². The van der Waals surface area contributed by atoms with E-state index < -0.39 is 0 Å². The lowest BCUT2D eigenvalue weighted by Crippen LogP contribution is -1.92. The van der Waals surface area contributed by atoms with Crippen LogP contribution in [0.4, 0.5) is 0 Å². The van der Waals surface area contributed by atoms with Crippen LogP contribution in [0.3, 0.4) is 0 Å². The third-order valence-electron chi connectivity index (χ3n) is 4.15. The SMILES string of the molecule is C=CCSc1nc(Sc2cccc(OC)c2)c2sc3nc(C)cc(C)c3c2n1. The maximum absolute atomic E-state index is 5.37. The zero-order valence-corrected chi connectivity index (χ0v) is 18.3. The van der Waals surface area contributed by atoms with Crippen molar-refractivity contribution < 1.29 is 4.74 Å². The summed E-state index contributed by atoms with van der Waals surface area (Å²) in [4.78, 5) is 16.5. The number of thioether (sulfide) groups is 1. The van der Waals surface area contributed by atoms with Crippen LogP contribution >= 0.6 is 34.9 Å². The molecule has 0 radical (unpaired) electrons. The molecule has 0 aliphatic carbocycles. The van der Waals surface area contributed by atoms with E-state index in [0.29, 0.717) is 0 Å². The second-order valence-electron chi connectivity index (χ2n) is 6.23. The van der Waals surface area contributed by atoms with Crippen LogP contribution in [0.5, 0.6) is 5.75 Å². The van der Waals surface area contributed by atoms with E-state index in [2.05, 4.69) is 25.6 Å². The molecule has 4 rings (SSSR count). The first kappa shape index (κ1) is 19.2. The van der Waals surface area contributed by atoms with Crippen molar-refractivity contribution >= 4 is 55.3 Å². The standard InChI is InChI=1S/C21H19N3OS3/c1-5-9-26-21-23-17-16-12(2)10-13(3)22-19(16)28-18(17)20(24-21)27-15-8-6-7-14(11-15)25-4/h5-8,10-11H,1,9H2,2-4H3. The van der Waals surface area contributed by atoms with Crippen LogP contribution in [0, 0.1) is 13.8 Å². The average Bonchev–Trinajstić information content (AvgIpc) is 3.05. The van der Waals surface area contributed by atoms with Gasteiger partial charge in [0.1, 0.15) is 15.6 Å². The fourth-order valence-electron chi connectivity index (χ4n) is 2.98. The topological polar surface area (TPSA) is 47.9 Å². The Morgan fingerprint density at radius 1 is 1.18 bits per heavy atom. The third kappa shape index (κ3) is 3.74. The summed E-state index contributed by atoms with van der Waals surface area (Å²) in [6.07, 6.45) is 1.87. The number of methoxy groups -OCH3 is 1. The van der Waals surface area contributed by atoms with E-state index in [4.69, 9.17) is 19.7 Å². The van der Waals surface area contributed by atoms with Crippen molar-refractivity contribution in [1.29, 1.82) is 0 Å². The van der Waals surface area contributed by atoms with Crippen molar-refractivity contribution in [3.63, 3.8) is 0 Å². The van der Waals surface area contributed by atoms with Crippen LogP contribution in [-0.4, -0.2) is 27.8 Å². The highest BCUT2D eigenvalue weighted by Crippen LogP contribution is 2.41. The first-order valence-corrected chi connectivity index (χ1v) is 11.3. The minimum Gasteiger partial charge on any atom is -0.497 e. The van der Waals surface area contributed by atoms with Gasteiger partial charge in [-0.3, -0.25) is 0 Å². The Hall–Kier alpha value is -2.09. The average molecular weight is 426 g/mol. The van der Waals surface area contributed by atoms with Crippen molar-refractivity contribution in [1.82, 2.24) is 15.0 Å². The van der Waals surface area contributed by atoms with E-state index in [-0.39, 0.29) is 0 Å². The van der Waals surface area contributed by atoms with Gasteiger partial charge < -0.3 is 4.74 Å². The normalized spacial score (nSPS) is 11.2. The summed E-state index contributed by atoms with van der Waals surface area (Å²) in [7, 11) is 1.68. The molecule has 7 heteroatoms. The third-order valence-corrected chi connectivity index (χ3v) is 7.18. The van der Waals surface area contributed by atoms with Crippen LogP contribution in [0.25, 0.3) is 20.4 Å². The minimum atomic E-state index is 0.762. The molecule has 0 spiro atoms. The van der Waals surface area contributed by atoms with Crippen LogP contribution in [0.15, 0.2) is 58.1 Å². The molecule has 4 nitrogen and oxygen atoms in total. The molecule has 0 fully saturated rings. The van der Waals surface area contributed by atoms with Gasteiger partial charge in [0.25, 0.3) is 0 Å². The van der Waals surface area contributed by atoms with Gasteiger partial charge in [0.05, 0.1) is 17.3 Å². The number of fused-ring (bicyclic) bond motifs is 3. The molecule has 0 saturated heterocycles. The molecule has 0 aliphatic rings. The molecule has 0 saturated carbocycles. The van der Waals surface area contributed by atoms with Crippen molar-refractivity contribution in [3.05, 3.63) is 54.2 Å². The molecule has 0 bridgehead atoms. The van der Waals surface area contributed by atoms with Crippen molar-refractivity contribution in [2.45, 2.75) is 28.9 Å². The van der Waals surface area contributed by atoms with Gasteiger partial charge in [-0.15, -0.1) is 17.9 Å². The Bertz CT molecular complexity index is 1190. The Balaban J connectivity index is 1.91. The molecule has 142 valence electrons. The van der Waals surface area contributed by atoms with Gasteiger partial charge in [-0.05, 0) is 43.7 Å². The maximum atomic E-state index is 5.37. The number of pyridine rings is 1. The molecule has 0 amide bonds. The summed E-state index contributed by atoms with van der Waals surface area (Å²) in [5.74, 6) is 1.61. The summed E-state index contributed by atoms with van der Waals surface area (Å²) < 4.78 is 6.44. The lowest BCUT2D eigenvalue weighted by Gasteiger charge is -2.07. The molecular formula is C21H19N3OS3. The van der Waals surface area contributed by atoms with Gasteiger partial charge in [0.15, 0.2) is 5.16 Å². The predicted molar refractivity (Wildman–Crippen MR) is 120 cm³/mol. The van der Waals surface area contributed by atoms with Gasteiger partial charge >= 0.3 is 0 Å². The molecule has 4 aromatic rings. The number of hydrogen-bond acceptors (Lipinski definition) is 7. The largest absolute Gasteiger partial charge is 0.497 e. The smallest absolute Gasteiger partial charge is 0.189 e. The van der Waals surface area contributed by atoms with Crippen LogP contribution in [0.2, 0.25) is 0 Å². The molecular weight excluding hydrogens is 406 g/mol. The lowest BCUT2D eigenvalue weighted by molar-refractivity contribution is 0.413. The number of aromatic nitrogens is 3. The van der Waals surface area contributed by atoms with Gasteiger partial charge in [-0.2, -0.15) is 0 Å². The van der Waals surface area contributed by atoms with Crippen molar-refractivity contribution in [2.24, 2.45) is 0 Å². The summed E-state index contributed by atoms with van der Waals surface area (Å²) in [5, 5.41) is 2.84. The summed E-state index contributed by atoms with van der Waals surface area (Å²) >= 11 is 4.89. The Kier molecular flexibility index (Phi) is 5.57. The summed E-state index contributed by atoms with van der Waals surface area (Å²) in [6.45, 7) is 7.96. The van der Waals surface area contributed by atoms with Gasteiger partial charge in [0, 0.05) is 21.7 Å². The van der Waals surface area contributed by atoms with Crippen molar-refractivity contribution in [2.75, 3.05) is 12.9 Å². The number of rotatable bonds is 6. The van der Waals surface area contributed by atoms with Crippen LogP contribution < -0.4 is 4.74 Å². The summed E-state index contributed by atoms with van der Waals surface area (Å²) in [6, 6.07) is 10.1. The first-order chi connectivity index (χ1) is 13.6. The minimum absolute atomic E-state index is 0.762. The van der Waals surface area contributed by atoms with E-state index in [1.807, 2.05) is 31.2 Å². The maximum Gasteiger partial charge on any atom is 0.189 e. The van der Waals surface area contributed by atoms with Crippen LogP contribution in [0.1, 0.15) is 11.3 Å². The molecule has 0 unspecified atom stereocenters. The number of thiophene rings is 1. The zero-order valence-electron chi connectivity index (χ0n) is 15.9. The van der Waals surface area contributed by atoms with Crippen molar-refractivity contribution in [3.8, 4) is 5.75 Å². The molecule has 28 heavy (non-hydrogen) atoms. The highest BCUT2D eigenvalue weighted by molar-refractivity contribution is 8.00. The number of benzene rings is 1. The Morgan fingerprint density at radius 2 is 2.04 bits per heavy atom. The Labute approximate surface area is 176 Å². The number of ether oxygens (including phenoxy) is 1. The monoisotopic (exact) mass is 425 g/mol. The fraction of sp³-hybridized carbons (Fsp3) is 0.190. The fourth-order valence-corrected chi connectivity index (χ4v) is 5.85. The van der Waals surface area contributed by atoms with Gasteiger partial charge in [-0.25, -0.2) is 15.0 Å². The number of nitrogens with zero attached hydrogens (tertiary/aromatic N) is 3. The Morgan fingerprint density at radius 3 is 2.82 bits per heavy atom. The van der Waals surface area contributed by atoms with E-state index in [1.165, 1.54) is 5.56 Å². The summed E-state index contributed by atoms with van der Waals surface area (Å²) in [5.41, 5.74) is 3.20.